The number of benzene rings is 1. The Bertz CT molecular complexity index is 512. The van der Waals surface area contributed by atoms with Gasteiger partial charge in [-0.15, -0.1) is 12.4 Å². The number of hydrogen-bond acceptors (Lipinski definition) is 2. The molecule has 1 saturated carbocycles. The van der Waals surface area contributed by atoms with Gasteiger partial charge in [0.1, 0.15) is 0 Å². The van der Waals surface area contributed by atoms with E-state index in [1.807, 2.05) is 0 Å². The van der Waals surface area contributed by atoms with Crippen molar-refractivity contribution in [1.29, 1.82) is 0 Å². The normalized spacial score (nSPS) is 22.5. The first-order valence-corrected chi connectivity index (χ1v) is 8.31. The van der Waals surface area contributed by atoms with Crippen molar-refractivity contribution >= 4 is 18.3 Å². The summed E-state index contributed by atoms with van der Waals surface area (Å²) < 4.78 is 0. The highest BCUT2D eigenvalue weighted by molar-refractivity contribution is 5.85. The molecule has 0 saturated heterocycles. The zero-order valence-corrected chi connectivity index (χ0v) is 14.0. The second kappa shape index (κ2) is 7.47. The third-order valence-corrected chi connectivity index (χ3v) is 5.28. The van der Waals surface area contributed by atoms with Gasteiger partial charge in [-0.2, -0.15) is 0 Å². The highest BCUT2D eigenvalue weighted by Crippen LogP contribution is 2.34. The Hall–Kier alpha value is -1.06. The van der Waals surface area contributed by atoms with Crippen molar-refractivity contribution in [3.05, 3.63) is 35.4 Å². The summed E-state index contributed by atoms with van der Waals surface area (Å²) in [5.41, 5.74) is 8.60. The van der Waals surface area contributed by atoms with Crippen LogP contribution in [0.1, 0.15) is 62.0 Å². The molecule has 2 aliphatic rings. The Kier molecular flexibility index (Phi) is 5.87. The second-order valence-corrected chi connectivity index (χ2v) is 6.73. The average Bonchev–Trinajstić information content (AvgIpc) is 2.96. The first-order valence-electron chi connectivity index (χ1n) is 8.31. The van der Waals surface area contributed by atoms with E-state index >= 15 is 0 Å². The minimum Gasteiger partial charge on any atom is -0.349 e. The molecule has 0 aromatic heterocycles. The Labute approximate surface area is 139 Å². The van der Waals surface area contributed by atoms with Crippen LogP contribution in [0.25, 0.3) is 0 Å². The number of nitrogens with one attached hydrogen (secondary N) is 1. The summed E-state index contributed by atoms with van der Waals surface area (Å²) in [4.78, 5) is 12.5. The second-order valence-electron chi connectivity index (χ2n) is 6.73. The van der Waals surface area contributed by atoms with Gasteiger partial charge < -0.3 is 11.1 Å². The van der Waals surface area contributed by atoms with E-state index in [-0.39, 0.29) is 23.9 Å². The number of carbonyl (C=O) groups excluding carboxylic acids is 1. The van der Waals surface area contributed by atoms with E-state index in [9.17, 15) is 4.79 Å². The fraction of sp³-hybridized carbons (Fsp3) is 0.611. The van der Waals surface area contributed by atoms with Crippen LogP contribution in [0.2, 0.25) is 0 Å². The standard InChI is InChI=1S/C18H26N2O.ClH/c19-13-18(10-3-4-11-18)20-17(21)12-15-8-5-7-14-6-1-2-9-16(14)15;/h1-2,6,9,15H,3-5,7-8,10-13,19H2,(H,20,21);1H. The fourth-order valence-corrected chi connectivity index (χ4v) is 4.07. The van der Waals surface area contributed by atoms with Gasteiger partial charge in [0.25, 0.3) is 0 Å². The number of amides is 1. The van der Waals surface area contributed by atoms with E-state index in [0.717, 1.165) is 25.7 Å². The molecule has 4 heteroatoms. The van der Waals surface area contributed by atoms with E-state index < -0.39 is 0 Å². The fourth-order valence-electron chi connectivity index (χ4n) is 4.07. The molecule has 1 amide bonds. The predicted molar refractivity (Wildman–Crippen MR) is 92.4 cm³/mol. The zero-order chi connectivity index (χ0) is 14.7. The Balaban J connectivity index is 0.00000176. The van der Waals surface area contributed by atoms with Crippen LogP contribution in [-0.2, 0) is 11.2 Å². The van der Waals surface area contributed by atoms with Gasteiger partial charge in [0.2, 0.25) is 5.91 Å². The SMILES string of the molecule is Cl.NCC1(NC(=O)CC2CCCc3ccccc32)CCCC1. The van der Waals surface area contributed by atoms with E-state index in [1.165, 1.54) is 30.4 Å². The summed E-state index contributed by atoms with van der Waals surface area (Å²) in [7, 11) is 0. The van der Waals surface area contributed by atoms with Crippen molar-refractivity contribution in [2.75, 3.05) is 6.54 Å². The summed E-state index contributed by atoms with van der Waals surface area (Å²) in [5, 5.41) is 3.26. The largest absolute Gasteiger partial charge is 0.349 e. The lowest BCUT2D eigenvalue weighted by atomic mass is 9.81. The molecule has 1 aromatic carbocycles. The van der Waals surface area contributed by atoms with Crippen LogP contribution in [0.15, 0.2) is 24.3 Å². The van der Waals surface area contributed by atoms with Crippen molar-refractivity contribution < 1.29 is 4.79 Å². The Morgan fingerprint density at radius 1 is 1.23 bits per heavy atom. The van der Waals surface area contributed by atoms with Gasteiger partial charge in [-0.3, -0.25) is 4.79 Å². The lowest BCUT2D eigenvalue weighted by Crippen LogP contribution is -2.51. The molecule has 3 rings (SSSR count). The molecule has 0 bridgehead atoms. The number of rotatable bonds is 4. The molecule has 2 aliphatic carbocycles. The Morgan fingerprint density at radius 2 is 1.95 bits per heavy atom. The van der Waals surface area contributed by atoms with Crippen LogP contribution in [0.4, 0.5) is 0 Å². The minimum atomic E-state index is -0.120. The summed E-state index contributed by atoms with van der Waals surface area (Å²) in [6.07, 6.45) is 8.53. The zero-order valence-electron chi connectivity index (χ0n) is 13.1. The topological polar surface area (TPSA) is 55.1 Å². The molecule has 1 unspecified atom stereocenters. The highest BCUT2D eigenvalue weighted by atomic mass is 35.5. The lowest BCUT2D eigenvalue weighted by molar-refractivity contribution is -0.123. The van der Waals surface area contributed by atoms with Crippen molar-refractivity contribution in [2.45, 2.75) is 62.8 Å². The van der Waals surface area contributed by atoms with Gasteiger partial charge >= 0.3 is 0 Å². The minimum absolute atomic E-state index is 0. The first kappa shape index (κ1) is 17.3. The van der Waals surface area contributed by atoms with E-state index in [4.69, 9.17) is 5.73 Å². The monoisotopic (exact) mass is 322 g/mol. The van der Waals surface area contributed by atoms with Crippen LogP contribution in [0, 0.1) is 0 Å². The molecular weight excluding hydrogens is 296 g/mol. The molecule has 22 heavy (non-hydrogen) atoms. The number of nitrogens with two attached hydrogens (primary N) is 1. The average molecular weight is 323 g/mol. The maximum absolute atomic E-state index is 12.5. The summed E-state index contributed by atoms with van der Waals surface area (Å²) in [6, 6.07) is 8.59. The molecule has 1 fully saturated rings. The van der Waals surface area contributed by atoms with Crippen LogP contribution in [-0.4, -0.2) is 18.0 Å². The molecule has 3 nitrogen and oxygen atoms in total. The molecule has 0 heterocycles. The van der Waals surface area contributed by atoms with Crippen molar-refractivity contribution in [3.63, 3.8) is 0 Å². The van der Waals surface area contributed by atoms with Gasteiger partial charge in [0.05, 0.1) is 5.54 Å². The molecular formula is C18H27ClN2O. The van der Waals surface area contributed by atoms with E-state index in [0.29, 0.717) is 18.9 Å². The van der Waals surface area contributed by atoms with Crippen molar-refractivity contribution in [1.82, 2.24) is 5.32 Å². The molecule has 122 valence electrons. The number of fused-ring (bicyclic) bond motifs is 1. The molecule has 0 aliphatic heterocycles. The summed E-state index contributed by atoms with van der Waals surface area (Å²) >= 11 is 0. The summed E-state index contributed by atoms with van der Waals surface area (Å²) in [6.45, 7) is 0.569. The molecule has 3 N–H and O–H groups in total. The maximum atomic E-state index is 12.5. The molecule has 0 radical (unpaired) electrons. The molecule has 1 atom stereocenters. The van der Waals surface area contributed by atoms with Gasteiger partial charge in [-0.05, 0) is 49.1 Å². The number of halogens is 1. The van der Waals surface area contributed by atoms with Gasteiger partial charge in [0, 0.05) is 13.0 Å². The third-order valence-electron chi connectivity index (χ3n) is 5.28. The smallest absolute Gasteiger partial charge is 0.221 e. The maximum Gasteiger partial charge on any atom is 0.221 e. The first-order chi connectivity index (χ1) is 10.2. The van der Waals surface area contributed by atoms with Gasteiger partial charge in [0.15, 0.2) is 0 Å². The molecule has 1 aromatic rings. The summed E-state index contributed by atoms with van der Waals surface area (Å²) in [5.74, 6) is 0.565. The van der Waals surface area contributed by atoms with Crippen LogP contribution >= 0.6 is 12.4 Å². The molecule has 0 spiro atoms. The van der Waals surface area contributed by atoms with Gasteiger partial charge in [-0.1, -0.05) is 37.1 Å². The van der Waals surface area contributed by atoms with Crippen molar-refractivity contribution in [3.8, 4) is 0 Å². The highest BCUT2D eigenvalue weighted by Gasteiger charge is 2.34. The quantitative estimate of drug-likeness (QED) is 0.893. The van der Waals surface area contributed by atoms with Crippen LogP contribution in [0.3, 0.4) is 0 Å². The van der Waals surface area contributed by atoms with Crippen LogP contribution < -0.4 is 11.1 Å². The predicted octanol–water partition coefficient (Wildman–Crippen LogP) is 3.31. The number of aryl methyl sites for hydroxylation is 1. The Morgan fingerprint density at radius 3 is 2.68 bits per heavy atom. The number of hydrogen-bond donors (Lipinski definition) is 2. The van der Waals surface area contributed by atoms with Crippen LogP contribution in [0.5, 0.6) is 0 Å². The third kappa shape index (κ3) is 3.64. The van der Waals surface area contributed by atoms with E-state index in [1.54, 1.807) is 0 Å². The van der Waals surface area contributed by atoms with E-state index in [2.05, 4.69) is 29.6 Å². The van der Waals surface area contributed by atoms with Gasteiger partial charge in [-0.25, -0.2) is 0 Å². The van der Waals surface area contributed by atoms with Crippen molar-refractivity contribution in [2.24, 2.45) is 5.73 Å². The number of carbonyl (C=O) groups is 1. The lowest BCUT2D eigenvalue weighted by Gasteiger charge is -2.31.